The zero-order valence-electron chi connectivity index (χ0n) is 46.6. The van der Waals surface area contributed by atoms with E-state index in [0.717, 1.165) is 35.5 Å². The number of unbranched alkanes of at least 4 members (excludes halogenated alkanes) is 12. The number of carbonyl (C=O) groups excluding carboxylic acids is 7. The van der Waals surface area contributed by atoms with E-state index in [0.29, 0.717) is 12.0 Å². The normalized spacial score (nSPS) is 16.1. The Hall–Kier alpha value is -7.44. The van der Waals surface area contributed by atoms with E-state index in [1.807, 2.05) is 0 Å². The first-order valence-electron chi connectivity index (χ1n) is 27.7. The quantitative estimate of drug-likeness (QED) is 0.0198. The molecule has 0 aromatic heterocycles. The number of hydrogen-bond donors (Lipinski definition) is 8. The van der Waals surface area contributed by atoms with Crippen molar-refractivity contribution < 1.29 is 62.5 Å². The molecule has 20 nitrogen and oxygen atoms in total. The summed E-state index contributed by atoms with van der Waals surface area (Å²) < 4.78 is 25.9. The molecule has 80 heavy (non-hydrogen) atoms. The number of nitrogens with one attached hydrogen (secondary N) is 5. The molecular formula is C59H80N7O13P. The van der Waals surface area contributed by atoms with E-state index >= 15 is 0 Å². The molecule has 1 aliphatic rings. The number of likely N-dealkylation sites (N-methyl/N-ethyl adjacent to an activating group) is 2. The largest absolute Gasteiger partial charge is 0.507 e. The van der Waals surface area contributed by atoms with Crippen LogP contribution in [0.3, 0.4) is 0 Å². The summed E-state index contributed by atoms with van der Waals surface area (Å²) in [5.41, 5.74) is 0.643. The van der Waals surface area contributed by atoms with Gasteiger partial charge < -0.3 is 60.8 Å². The van der Waals surface area contributed by atoms with E-state index in [4.69, 9.17) is 9.05 Å². The fourth-order valence-corrected chi connectivity index (χ4v) is 10.6. The fourth-order valence-electron chi connectivity index (χ4n) is 9.17. The molecule has 4 aromatic rings. The minimum atomic E-state index is -4.19. The summed E-state index contributed by atoms with van der Waals surface area (Å²) in [7, 11) is -1.49. The highest BCUT2D eigenvalue weighted by Gasteiger charge is 2.36. The average molecular weight is 1130 g/mol. The molecule has 1 heterocycles. The summed E-state index contributed by atoms with van der Waals surface area (Å²) >= 11 is 0. The predicted octanol–water partition coefficient (Wildman–Crippen LogP) is 7.16. The van der Waals surface area contributed by atoms with Gasteiger partial charge in [-0.1, -0.05) is 133 Å². The van der Waals surface area contributed by atoms with Crippen molar-refractivity contribution in [2.24, 2.45) is 0 Å². The lowest BCUT2D eigenvalue weighted by Crippen LogP contribution is -2.56. The maximum absolute atomic E-state index is 14.4. The van der Waals surface area contributed by atoms with Crippen LogP contribution in [0.25, 0.3) is 11.1 Å². The Balaban J connectivity index is 1.22. The Bertz CT molecular complexity index is 2710. The lowest BCUT2D eigenvalue weighted by molar-refractivity contribution is -0.142. The van der Waals surface area contributed by atoms with Crippen molar-refractivity contribution in [2.75, 3.05) is 33.5 Å². The van der Waals surface area contributed by atoms with Crippen molar-refractivity contribution in [1.29, 1.82) is 0 Å². The van der Waals surface area contributed by atoms with Crippen LogP contribution in [0.4, 0.5) is 0 Å². The Morgan fingerprint density at radius 3 is 1.79 bits per heavy atom. The van der Waals surface area contributed by atoms with E-state index in [1.54, 1.807) is 60.7 Å². The van der Waals surface area contributed by atoms with Gasteiger partial charge in [-0.25, -0.2) is 4.57 Å². The lowest BCUT2D eigenvalue weighted by Gasteiger charge is -2.30. The topological polar surface area (TPSA) is 282 Å². The van der Waals surface area contributed by atoms with Crippen molar-refractivity contribution >= 4 is 48.9 Å². The van der Waals surface area contributed by atoms with E-state index < -0.39 is 92.7 Å². The standard InChI is InChI=1S/C59H80N7O13P/c1-6-7-8-9-10-11-12-13-14-15-16-17-24-29-52(70)65(4)49(38-67)58(75)62-40(2)55(72)60-37-53(71)66(5)54-43-31-33-51(69)47(36-43)46-34-42(30-32-50(46)68)35-48(64-56(73)41(3)63-59(54)76)57(74)61-39-80(77,78-44-25-20-18-21-26-44)79-45-27-22-19-23-28-45/h18-23,25-28,30-34,36,40-41,48-49,54,67-69H,6-17,24,29,35,37-39H2,1-5H3,(H,60,72)(H,61,74)(H,62,75)(H,63,76)(H,64,73)/t40-,41+,48+,49-,54+/m1/s1. The number of nitrogens with zero attached hydrogens (tertiary/aromatic N) is 2. The van der Waals surface area contributed by atoms with Crippen molar-refractivity contribution in [2.45, 2.75) is 147 Å². The van der Waals surface area contributed by atoms with Crippen molar-refractivity contribution in [3.8, 4) is 34.1 Å². The van der Waals surface area contributed by atoms with Crippen LogP contribution >= 0.6 is 7.60 Å². The molecule has 0 fully saturated rings. The fraction of sp³-hybridized carbons (Fsp3) is 0.475. The number of aliphatic hydroxyl groups is 1. The summed E-state index contributed by atoms with van der Waals surface area (Å²) in [5, 5.41) is 45.3. The predicted molar refractivity (Wildman–Crippen MR) is 303 cm³/mol. The molecule has 0 spiro atoms. The summed E-state index contributed by atoms with van der Waals surface area (Å²) in [6, 6.07) is 18.0. The average Bonchev–Trinajstić information content (AvgIpc) is 3.51. The highest BCUT2D eigenvalue weighted by Crippen LogP contribution is 2.47. The molecule has 1 aliphatic heterocycles. The number of phenolic OH excluding ortho intramolecular Hbond substituents is 2. The molecule has 21 heteroatoms. The second-order valence-electron chi connectivity index (χ2n) is 20.3. The van der Waals surface area contributed by atoms with Crippen LogP contribution in [0.2, 0.25) is 0 Å². The number of para-hydroxylation sites is 2. The Morgan fingerprint density at radius 2 is 1.23 bits per heavy atom. The molecule has 0 saturated heterocycles. The molecule has 434 valence electrons. The monoisotopic (exact) mass is 1130 g/mol. The van der Waals surface area contributed by atoms with Gasteiger partial charge in [0.15, 0.2) is 0 Å². The Labute approximate surface area is 469 Å². The van der Waals surface area contributed by atoms with Gasteiger partial charge in [-0.15, -0.1) is 0 Å². The first-order valence-corrected chi connectivity index (χ1v) is 29.4. The molecule has 5 atom stereocenters. The number of benzene rings is 4. The van der Waals surface area contributed by atoms with Gasteiger partial charge in [0.05, 0.1) is 13.2 Å². The van der Waals surface area contributed by atoms with Crippen molar-refractivity contribution in [3.63, 3.8) is 0 Å². The number of carbonyl (C=O) groups is 7. The van der Waals surface area contributed by atoms with Crippen LogP contribution in [0.1, 0.15) is 128 Å². The third kappa shape index (κ3) is 19.4. The number of aliphatic hydroxyl groups excluding tert-OH is 1. The van der Waals surface area contributed by atoms with Crippen LogP contribution in [0.5, 0.6) is 23.0 Å². The molecule has 0 saturated carbocycles. The van der Waals surface area contributed by atoms with Crippen molar-refractivity contribution in [1.82, 2.24) is 36.4 Å². The maximum atomic E-state index is 14.4. The van der Waals surface area contributed by atoms with Gasteiger partial charge in [0.25, 0.3) is 0 Å². The second kappa shape index (κ2) is 32.0. The van der Waals surface area contributed by atoms with Gasteiger partial charge in [-0.3, -0.25) is 33.6 Å². The molecule has 8 N–H and O–H groups in total. The molecule has 7 amide bonds. The molecule has 4 bridgehead atoms. The van der Waals surface area contributed by atoms with Gasteiger partial charge in [-0.2, -0.15) is 0 Å². The van der Waals surface area contributed by atoms with Crippen LogP contribution in [-0.4, -0.2) is 124 Å². The van der Waals surface area contributed by atoms with E-state index in [9.17, 15) is 53.4 Å². The molecular weight excluding hydrogens is 1050 g/mol. The SMILES string of the molecule is CCCCCCCCCCCCCCCC(=O)N(C)[C@H](CO)C(=O)N[C@H](C)C(=O)NCC(=O)N(C)[C@@H]1C(=O)N[C@@H](C)C(=O)N[C@H](C(=O)NCP(=O)(Oc2ccccc2)Oc2ccccc2)Cc2ccc(O)c(c2)-c2cc1ccc2O. The summed E-state index contributed by atoms with van der Waals surface area (Å²) in [6.45, 7) is 3.56. The van der Waals surface area contributed by atoms with E-state index in [-0.39, 0.29) is 58.4 Å². The minimum Gasteiger partial charge on any atom is -0.507 e. The van der Waals surface area contributed by atoms with Crippen LogP contribution < -0.4 is 35.6 Å². The Morgan fingerprint density at radius 1 is 0.688 bits per heavy atom. The lowest BCUT2D eigenvalue weighted by atomic mass is 9.93. The zero-order valence-corrected chi connectivity index (χ0v) is 47.5. The molecule has 5 rings (SSSR count). The number of amides is 7. The molecule has 0 aliphatic carbocycles. The Kier molecular flexibility index (Phi) is 25.3. The zero-order chi connectivity index (χ0) is 58.2. The van der Waals surface area contributed by atoms with Crippen LogP contribution in [0, 0.1) is 0 Å². The van der Waals surface area contributed by atoms with E-state index in [1.165, 1.54) is 116 Å². The minimum absolute atomic E-state index is 0.0405. The molecule has 0 radical (unpaired) electrons. The highest BCUT2D eigenvalue weighted by atomic mass is 31.2. The van der Waals surface area contributed by atoms with Gasteiger partial charge >= 0.3 is 7.60 Å². The molecule has 0 unspecified atom stereocenters. The number of hydrogen-bond acceptors (Lipinski definition) is 13. The number of phenols is 2. The molecule has 4 aromatic carbocycles. The van der Waals surface area contributed by atoms with Crippen LogP contribution in [0.15, 0.2) is 97.1 Å². The number of fused-ring (bicyclic) bond motifs is 5. The van der Waals surface area contributed by atoms with Gasteiger partial charge in [0.1, 0.15) is 59.5 Å². The van der Waals surface area contributed by atoms with Gasteiger partial charge in [-0.05, 0) is 79.9 Å². The first-order chi connectivity index (χ1) is 38.3. The van der Waals surface area contributed by atoms with Crippen molar-refractivity contribution in [3.05, 3.63) is 108 Å². The summed E-state index contributed by atoms with van der Waals surface area (Å²) in [4.78, 5) is 98.2. The van der Waals surface area contributed by atoms with Gasteiger partial charge in [0, 0.05) is 38.1 Å². The van der Waals surface area contributed by atoms with Gasteiger partial charge in [0.2, 0.25) is 41.4 Å². The number of rotatable bonds is 29. The highest BCUT2D eigenvalue weighted by molar-refractivity contribution is 7.54. The van der Waals surface area contributed by atoms with Crippen LogP contribution in [-0.2, 0) is 44.5 Å². The summed E-state index contributed by atoms with van der Waals surface area (Å²) in [6.07, 6.45) is 14.3. The maximum Gasteiger partial charge on any atom is 0.449 e. The first kappa shape index (κ1) is 63.4. The smallest absolute Gasteiger partial charge is 0.449 e. The second-order valence-corrected chi connectivity index (χ2v) is 22.2. The third-order valence-corrected chi connectivity index (χ3v) is 15.5. The summed E-state index contributed by atoms with van der Waals surface area (Å²) in [5.74, 6) is -5.45. The number of aromatic hydroxyl groups is 2. The van der Waals surface area contributed by atoms with E-state index in [2.05, 4.69) is 33.5 Å². The third-order valence-electron chi connectivity index (χ3n) is 14.0.